The third-order valence-corrected chi connectivity index (χ3v) is 4.72. The van der Waals surface area contributed by atoms with Crippen molar-refractivity contribution in [3.05, 3.63) is 63.9 Å². The van der Waals surface area contributed by atoms with Crippen molar-refractivity contribution in [3.63, 3.8) is 0 Å². The van der Waals surface area contributed by atoms with Crippen LogP contribution in [-0.4, -0.2) is 6.54 Å². The molecule has 0 atom stereocenters. The summed E-state index contributed by atoms with van der Waals surface area (Å²) in [4.78, 5) is 1.24. The standard InChI is InChI=1S/C17H19BrFNS/c1-2-8-20-11-13-4-3-5-15(9-13)21-12-14-6-7-17(19)16(18)10-14/h3-7,9-10,20H,2,8,11-12H2,1H3. The zero-order valence-electron chi connectivity index (χ0n) is 12.0. The summed E-state index contributed by atoms with van der Waals surface area (Å²) in [5, 5.41) is 3.41. The van der Waals surface area contributed by atoms with Crippen LogP contribution in [0, 0.1) is 5.82 Å². The molecule has 0 saturated heterocycles. The summed E-state index contributed by atoms with van der Waals surface area (Å²) in [5.41, 5.74) is 2.41. The van der Waals surface area contributed by atoms with Crippen LogP contribution in [0.5, 0.6) is 0 Å². The summed E-state index contributed by atoms with van der Waals surface area (Å²) in [6.45, 7) is 4.12. The van der Waals surface area contributed by atoms with Gasteiger partial charge in [-0.2, -0.15) is 0 Å². The van der Waals surface area contributed by atoms with Crippen molar-refractivity contribution in [3.8, 4) is 0 Å². The van der Waals surface area contributed by atoms with Crippen molar-refractivity contribution >= 4 is 27.7 Å². The van der Waals surface area contributed by atoms with Gasteiger partial charge in [0.1, 0.15) is 5.82 Å². The molecule has 21 heavy (non-hydrogen) atoms. The molecule has 2 aromatic rings. The van der Waals surface area contributed by atoms with Gasteiger partial charge in [-0.25, -0.2) is 4.39 Å². The van der Waals surface area contributed by atoms with Gasteiger partial charge in [-0.1, -0.05) is 25.1 Å². The number of hydrogen-bond acceptors (Lipinski definition) is 2. The number of benzene rings is 2. The Morgan fingerprint density at radius 2 is 2.00 bits per heavy atom. The largest absolute Gasteiger partial charge is 0.313 e. The Morgan fingerprint density at radius 1 is 1.14 bits per heavy atom. The maximum absolute atomic E-state index is 13.2. The first-order valence-corrected chi connectivity index (χ1v) is 8.83. The van der Waals surface area contributed by atoms with Crippen LogP contribution in [0.3, 0.4) is 0 Å². The lowest BCUT2D eigenvalue weighted by Crippen LogP contribution is -2.13. The fourth-order valence-corrected chi connectivity index (χ4v) is 3.30. The number of hydrogen-bond donors (Lipinski definition) is 1. The van der Waals surface area contributed by atoms with Gasteiger partial charge >= 0.3 is 0 Å². The van der Waals surface area contributed by atoms with E-state index in [1.165, 1.54) is 16.5 Å². The van der Waals surface area contributed by atoms with E-state index < -0.39 is 0 Å². The van der Waals surface area contributed by atoms with E-state index in [1.54, 1.807) is 11.8 Å². The van der Waals surface area contributed by atoms with Crippen molar-refractivity contribution in [1.82, 2.24) is 5.32 Å². The second-order valence-electron chi connectivity index (χ2n) is 4.86. The third-order valence-electron chi connectivity index (χ3n) is 3.04. The second-order valence-corrected chi connectivity index (χ2v) is 6.76. The molecule has 0 aliphatic rings. The Hall–Kier alpha value is -0.840. The Balaban J connectivity index is 1.93. The highest BCUT2D eigenvalue weighted by Crippen LogP contribution is 2.26. The first-order valence-electron chi connectivity index (χ1n) is 7.05. The molecule has 2 aromatic carbocycles. The normalized spacial score (nSPS) is 10.8. The maximum Gasteiger partial charge on any atom is 0.137 e. The Morgan fingerprint density at radius 3 is 2.76 bits per heavy atom. The SMILES string of the molecule is CCCNCc1cccc(SCc2ccc(F)c(Br)c2)c1. The number of halogens is 2. The highest BCUT2D eigenvalue weighted by molar-refractivity contribution is 9.10. The maximum atomic E-state index is 13.2. The van der Waals surface area contributed by atoms with Crippen molar-refractivity contribution in [2.45, 2.75) is 30.5 Å². The quantitative estimate of drug-likeness (QED) is 0.520. The molecule has 4 heteroatoms. The average molecular weight is 368 g/mol. The van der Waals surface area contributed by atoms with E-state index in [1.807, 2.05) is 12.1 Å². The molecule has 0 aliphatic carbocycles. The molecule has 0 radical (unpaired) electrons. The lowest BCUT2D eigenvalue weighted by molar-refractivity contribution is 0.620. The Bertz CT molecular complexity index is 589. The minimum Gasteiger partial charge on any atom is -0.313 e. The van der Waals surface area contributed by atoms with E-state index in [0.29, 0.717) is 4.47 Å². The van der Waals surface area contributed by atoms with E-state index >= 15 is 0 Å². The molecule has 0 bridgehead atoms. The summed E-state index contributed by atoms with van der Waals surface area (Å²) in [6.07, 6.45) is 1.15. The molecule has 112 valence electrons. The molecule has 2 rings (SSSR count). The van der Waals surface area contributed by atoms with Crippen LogP contribution in [0.1, 0.15) is 24.5 Å². The minimum atomic E-state index is -0.215. The summed E-state index contributed by atoms with van der Waals surface area (Å²) >= 11 is 5.00. The van der Waals surface area contributed by atoms with Crippen LogP contribution in [-0.2, 0) is 12.3 Å². The van der Waals surface area contributed by atoms with Gasteiger partial charge in [-0.05, 0) is 64.3 Å². The van der Waals surface area contributed by atoms with Crippen LogP contribution in [0.4, 0.5) is 4.39 Å². The van der Waals surface area contributed by atoms with Gasteiger partial charge in [0.25, 0.3) is 0 Å². The van der Waals surface area contributed by atoms with Gasteiger partial charge in [0.05, 0.1) is 4.47 Å². The topological polar surface area (TPSA) is 12.0 Å². The monoisotopic (exact) mass is 367 g/mol. The van der Waals surface area contributed by atoms with Crippen LogP contribution >= 0.6 is 27.7 Å². The Kier molecular flexibility index (Phi) is 6.74. The van der Waals surface area contributed by atoms with Gasteiger partial charge < -0.3 is 5.32 Å². The molecular formula is C17H19BrFNS. The van der Waals surface area contributed by atoms with Gasteiger partial charge in [-0.15, -0.1) is 11.8 Å². The van der Waals surface area contributed by atoms with Crippen molar-refractivity contribution in [2.75, 3.05) is 6.54 Å². The van der Waals surface area contributed by atoms with Crippen LogP contribution < -0.4 is 5.32 Å². The van der Waals surface area contributed by atoms with Crippen molar-refractivity contribution in [2.24, 2.45) is 0 Å². The number of nitrogens with one attached hydrogen (secondary N) is 1. The molecule has 0 saturated carbocycles. The van der Waals surface area contributed by atoms with Crippen LogP contribution in [0.15, 0.2) is 51.8 Å². The van der Waals surface area contributed by atoms with E-state index in [2.05, 4.69) is 52.4 Å². The predicted molar refractivity (Wildman–Crippen MR) is 92.1 cm³/mol. The van der Waals surface area contributed by atoms with Crippen molar-refractivity contribution < 1.29 is 4.39 Å². The summed E-state index contributed by atoms with van der Waals surface area (Å²) in [6, 6.07) is 13.7. The Labute approximate surface area is 138 Å². The molecule has 0 aliphatic heterocycles. The third kappa shape index (κ3) is 5.46. The lowest BCUT2D eigenvalue weighted by Gasteiger charge is -2.07. The molecule has 1 N–H and O–H groups in total. The zero-order valence-corrected chi connectivity index (χ0v) is 14.4. The fourth-order valence-electron chi connectivity index (χ4n) is 1.95. The second kappa shape index (κ2) is 8.57. The highest BCUT2D eigenvalue weighted by atomic mass is 79.9. The van der Waals surface area contributed by atoms with Gasteiger partial charge in [-0.3, -0.25) is 0 Å². The summed E-state index contributed by atoms with van der Waals surface area (Å²) in [5.74, 6) is 0.623. The molecule has 0 unspecified atom stereocenters. The van der Waals surface area contributed by atoms with Gasteiger partial charge in [0.2, 0.25) is 0 Å². The molecule has 0 amide bonds. The molecule has 1 nitrogen and oxygen atoms in total. The van der Waals surface area contributed by atoms with Crippen LogP contribution in [0.2, 0.25) is 0 Å². The number of rotatable bonds is 7. The first kappa shape index (κ1) is 16.5. The molecular weight excluding hydrogens is 349 g/mol. The van der Waals surface area contributed by atoms with E-state index in [-0.39, 0.29) is 5.82 Å². The summed E-state index contributed by atoms with van der Waals surface area (Å²) in [7, 11) is 0. The molecule has 0 aromatic heterocycles. The van der Waals surface area contributed by atoms with Crippen molar-refractivity contribution in [1.29, 1.82) is 0 Å². The van der Waals surface area contributed by atoms with Gasteiger partial charge in [0.15, 0.2) is 0 Å². The smallest absolute Gasteiger partial charge is 0.137 e. The van der Waals surface area contributed by atoms with E-state index in [0.717, 1.165) is 30.8 Å². The average Bonchev–Trinajstić information content (AvgIpc) is 2.49. The van der Waals surface area contributed by atoms with E-state index in [4.69, 9.17) is 0 Å². The summed E-state index contributed by atoms with van der Waals surface area (Å²) < 4.78 is 13.7. The predicted octanol–water partition coefficient (Wildman–Crippen LogP) is 5.38. The number of thioether (sulfide) groups is 1. The highest BCUT2D eigenvalue weighted by Gasteiger charge is 2.02. The first-order chi connectivity index (χ1) is 10.2. The lowest BCUT2D eigenvalue weighted by atomic mass is 10.2. The molecule has 0 heterocycles. The minimum absolute atomic E-state index is 0.215. The fraction of sp³-hybridized carbons (Fsp3) is 0.294. The molecule has 0 fully saturated rings. The van der Waals surface area contributed by atoms with Crippen LogP contribution in [0.25, 0.3) is 0 Å². The van der Waals surface area contributed by atoms with E-state index in [9.17, 15) is 4.39 Å². The van der Waals surface area contributed by atoms with Gasteiger partial charge in [0, 0.05) is 17.2 Å². The zero-order chi connectivity index (χ0) is 15.1. The molecule has 0 spiro atoms.